The number of halogens is 3. The molecule has 1 heterocycles. The molecule has 1 fully saturated rings. The first-order valence-corrected chi connectivity index (χ1v) is 11.5. The molecule has 2 amide bonds. The molecule has 0 aliphatic carbocycles. The zero-order valence-electron chi connectivity index (χ0n) is 19.5. The van der Waals surface area contributed by atoms with E-state index in [0.717, 1.165) is 24.2 Å². The fourth-order valence-corrected chi connectivity index (χ4v) is 3.59. The summed E-state index contributed by atoms with van der Waals surface area (Å²) in [6.07, 6.45) is 5.52. The second-order valence-electron chi connectivity index (χ2n) is 7.56. The molecule has 6 nitrogen and oxygen atoms in total. The van der Waals surface area contributed by atoms with E-state index in [0.29, 0.717) is 16.2 Å². The van der Waals surface area contributed by atoms with Gasteiger partial charge in [-0.15, -0.1) is 0 Å². The van der Waals surface area contributed by atoms with Crippen molar-refractivity contribution in [3.63, 3.8) is 0 Å². The Morgan fingerprint density at radius 3 is 2.34 bits per heavy atom. The summed E-state index contributed by atoms with van der Waals surface area (Å²) in [5, 5.41) is 10.8. The van der Waals surface area contributed by atoms with E-state index < -0.39 is 17.6 Å². The van der Waals surface area contributed by atoms with Gasteiger partial charge in [0.25, 0.3) is 5.91 Å². The number of likely N-dealkylation sites (N-methyl/N-ethyl adjacent to an activating group) is 1. The number of carbonyl (C=O) groups is 2. The van der Waals surface area contributed by atoms with Crippen LogP contribution in [0.5, 0.6) is 0 Å². The molecule has 0 aromatic heterocycles. The van der Waals surface area contributed by atoms with Crippen LogP contribution in [0.4, 0.5) is 4.39 Å². The van der Waals surface area contributed by atoms with Crippen LogP contribution < -0.4 is 5.73 Å². The average Bonchev–Trinajstić information content (AvgIpc) is 3.42. The fraction of sp³-hybridized carbons (Fsp3) is 0.231. The van der Waals surface area contributed by atoms with Crippen LogP contribution in [0, 0.1) is 5.82 Å². The molecule has 35 heavy (non-hydrogen) atoms. The standard InChI is InChI=1S/C22H19Cl2FN2O3.C4H8O/c1-4-13(15-10-14(21(26)29)8-9-16(15)23)11-19(28)12(2)27(3)22(30)20-17(24)6-5-7-18(20)25;1-2-4-5-3-1/h4-11,28H,2H2,1,3H3,(H2,26,29);1-4H2/b13-4+,19-11+;. The van der Waals surface area contributed by atoms with Gasteiger partial charge in [0.15, 0.2) is 0 Å². The maximum absolute atomic E-state index is 14.1. The van der Waals surface area contributed by atoms with Crippen molar-refractivity contribution in [2.45, 2.75) is 19.8 Å². The van der Waals surface area contributed by atoms with E-state index >= 15 is 0 Å². The molecule has 1 aliphatic rings. The topological polar surface area (TPSA) is 92.9 Å². The van der Waals surface area contributed by atoms with Crippen LogP contribution in [0.2, 0.25) is 10.0 Å². The van der Waals surface area contributed by atoms with Crippen LogP contribution in [0.3, 0.4) is 0 Å². The molecule has 3 rings (SSSR count). The number of allylic oxidation sites excluding steroid dienone is 3. The molecule has 2 aromatic rings. The summed E-state index contributed by atoms with van der Waals surface area (Å²) in [5.74, 6) is -2.57. The minimum absolute atomic E-state index is 0.0627. The zero-order valence-corrected chi connectivity index (χ0v) is 21.0. The second-order valence-corrected chi connectivity index (χ2v) is 8.37. The molecule has 0 radical (unpaired) electrons. The number of aliphatic hydroxyl groups is 1. The van der Waals surface area contributed by atoms with Crippen LogP contribution in [0.25, 0.3) is 5.57 Å². The molecular weight excluding hydrogens is 494 g/mol. The van der Waals surface area contributed by atoms with Crippen molar-refractivity contribution in [2.24, 2.45) is 5.73 Å². The Morgan fingerprint density at radius 1 is 1.17 bits per heavy atom. The highest BCUT2D eigenvalue weighted by Gasteiger charge is 2.23. The van der Waals surface area contributed by atoms with Gasteiger partial charge in [-0.1, -0.05) is 41.9 Å². The van der Waals surface area contributed by atoms with Crippen LogP contribution in [0.15, 0.2) is 66.6 Å². The molecule has 3 N–H and O–H groups in total. The summed E-state index contributed by atoms with van der Waals surface area (Å²) in [6.45, 7) is 7.39. The molecule has 2 aromatic carbocycles. The van der Waals surface area contributed by atoms with E-state index in [9.17, 15) is 19.1 Å². The second kappa shape index (κ2) is 13.1. The number of hydrogen-bond acceptors (Lipinski definition) is 4. The molecule has 1 saturated heterocycles. The number of aliphatic hydroxyl groups excluding tert-OH is 1. The maximum atomic E-state index is 14.1. The predicted octanol–water partition coefficient (Wildman–Crippen LogP) is 6.16. The van der Waals surface area contributed by atoms with Gasteiger partial charge in [0.1, 0.15) is 11.6 Å². The first-order chi connectivity index (χ1) is 16.6. The quantitative estimate of drug-likeness (QED) is 0.352. The van der Waals surface area contributed by atoms with Gasteiger partial charge in [-0.05, 0) is 61.7 Å². The number of benzene rings is 2. The van der Waals surface area contributed by atoms with Crippen molar-refractivity contribution < 1.29 is 23.8 Å². The average molecular weight is 521 g/mol. The number of amides is 2. The minimum Gasteiger partial charge on any atom is -0.506 e. The molecule has 0 atom stereocenters. The van der Waals surface area contributed by atoms with Gasteiger partial charge in [0.2, 0.25) is 5.91 Å². The number of nitrogens with two attached hydrogens (primary N) is 1. The third-order valence-corrected chi connectivity index (χ3v) is 5.82. The van der Waals surface area contributed by atoms with Crippen LogP contribution in [-0.2, 0) is 4.74 Å². The molecule has 1 aliphatic heterocycles. The summed E-state index contributed by atoms with van der Waals surface area (Å²) < 4.78 is 19.0. The monoisotopic (exact) mass is 520 g/mol. The Hall–Kier alpha value is -3.13. The molecule has 9 heteroatoms. The first-order valence-electron chi connectivity index (χ1n) is 10.7. The van der Waals surface area contributed by atoms with Crippen LogP contribution in [-0.4, -0.2) is 42.1 Å². The number of rotatable bonds is 6. The summed E-state index contributed by atoms with van der Waals surface area (Å²) >= 11 is 12.2. The van der Waals surface area contributed by atoms with Gasteiger partial charge < -0.3 is 20.5 Å². The molecule has 0 spiro atoms. The van der Waals surface area contributed by atoms with Gasteiger partial charge in [0, 0.05) is 36.4 Å². The summed E-state index contributed by atoms with van der Waals surface area (Å²) in [7, 11) is 1.33. The highest BCUT2D eigenvalue weighted by molar-refractivity contribution is 6.34. The summed E-state index contributed by atoms with van der Waals surface area (Å²) in [4.78, 5) is 25.1. The van der Waals surface area contributed by atoms with Gasteiger partial charge in [-0.25, -0.2) is 4.39 Å². The number of hydrogen-bond donors (Lipinski definition) is 2. The van der Waals surface area contributed by atoms with E-state index in [1.54, 1.807) is 13.0 Å². The van der Waals surface area contributed by atoms with E-state index in [1.165, 1.54) is 56.3 Å². The lowest BCUT2D eigenvalue weighted by molar-refractivity contribution is 0.0827. The van der Waals surface area contributed by atoms with Crippen LogP contribution in [0.1, 0.15) is 46.0 Å². The van der Waals surface area contributed by atoms with E-state index in [4.69, 9.17) is 33.7 Å². The Morgan fingerprint density at radius 2 is 1.83 bits per heavy atom. The Balaban J connectivity index is 0.000000764. The summed E-state index contributed by atoms with van der Waals surface area (Å²) in [5.41, 5.74) is 6.01. The van der Waals surface area contributed by atoms with Crippen molar-refractivity contribution in [1.82, 2.24) is 4.90 Å². The Kier molecular flexibility index (Phi) is 10.5. The van der Waals surface area contributed by atoms with Crippen molar-refractivity contribution in [3.05, 3.63) is 99.1 Å². The number of nitrogens with zero attached hydrogens (tertiary/aromatic N) is 1. The normalized spacial score (nSPS) is 13.6. The zero-order chi connectivity index (χ0) is 26.1. The summed E-state index contributed by atoms with van der Waals surface area (Å²) in [6, 6.07) is 8.35. The lowest BCUT2D eigenvalue weighted by atomic mass is 10.0. The highest BCUT2D eigenvalue weighted by atomic mass is 35.5. The van der Waals surface area contributed by atoms with Crippen molar-refractivity contribution in [2.75, 3.05) is 20.3 Å². The van der Waals surface area contributed by atoms with E-state index in [2.05, 4.69) is 6.58 Å². The highest BCUT2D eigenvalue weighted by Crippen LogP contribution is 2.29. The largest absolute Gasteiger partial charge is 0.506 e. The molecule has 0 bridgehead atoms. The lowest BCUT2D eigenvalue weighted by Crippen LogP contribution is -2.27. The van der Waals surface area contributed by atoms with E-state index in [1.807, 2.05) is 0 Å². The van der Waals surface area contributed by atoms with Gasteiger partial charge in [-0.2, -0.15) is 0 Å². The molecule has 0 unspecified atom stereocenters. The van der Waals surface area contributed by atoms with Gasteiger partial charge >= 0.3 is 0 Å². The fourth-order valence-electron chi connectivity index (χ4n) is 3.12. The van der Waals surface area contributed by atoms with Crippen molar-refractivity contribution in [3.8, 4) is 0 Å². The predicted molar refractivity (Wildman–Crippen MR) is 137 cm³/mol. The van der Waals surface area contributed by atoms with Crippen molar-refractivity contribution >= 4 is 40.6 Å². The number of carbonyl (C=O) groups excluding carboxylic acids is 2. The first kappa shape index (κ1) is 28.1. The molecular formula is C26H27Cl2FN2O4. The third-order valence-electron chi connectivity index (χ3n) is 5.17. The van der Waals surface area contributed by atoms with Crippen molar-refractivity contribution in [1.29, 1.82) is 0 Å². The number of primary amides is 1. The number of ether oxygens (including phenoxy) is 1. The third kappa shape index (κ3) is 7.42. The Bertz CT molecular complexity index is 1150. The van der Waals surface area contributed by atoms with Gasteiger partial charge in [-0.3, -0.25) is 9.59 Å². The SMILES string of the molecule is C1CCOC1.C=C(/C(O)=C\C(=C/C)c1cc(C(N)=O)ccc1Cl)N(C)C(=O)c1c(F)cccc1Cl. The van der Waals surface area contributed by atoms with E-state index in [-0.39, 0.29) is 27.6 Å². The smallest absolute Gasteiger partial charge is 0.262 e. The molecule has 186 valence electrons. The lowest BCUT2D eigenvalue weighted by Gasteiger charge is -2.20. The van der Waals surface area contributed by atoms with Gasteiger partial charge in [0.05, 0.1) is 16.3 Å². The van der Waals surface area contributed by atoms with Crippen LogP contribution >= 0.6 is 23.2 Å². The Labute approximate surface area is 214 Å². The molecule has 0 saturated carbocycles. The maximum Gasteiger partial charge on any atom is 0.262 e. The minimum atomic E-state index is -0.792.